The molecule has 4 nitrogen and oxygen atoms in total. The molecule has 1 atom stereocenters. The lowest BCUT2D eigenvalue weighted by Gasteiger charge is -2.15. The lowest BCUT2D eigenvalue weighted by molar-refractivity contribution is 0.413. The van der Waals surface area contributed by atoms with Crippen LogP contribution in [-0.2, 0) is 6.42 Å². The molecular formula is C13H16BrN3OS. The van der Waals surface area contributed by atoms with E-state index >= 15 is 0 Å². The molecule has 1 aromatic heterocycles. The molecule has 3 N–H and O–H groups in total. The van der Waals surface area contributed by atoms with E-state index in [1.54, 1.807) is 18.4 Å². The predicted octanol–water partition coefficient (Wildman–Crippen LogP) is 2.97. The Morgan fingerprint density at radius 2 is 2.32 bits per heavy atom. The van der Waals surface area contributed by atoms with Crippen LogP contribution >= 0.6 is 27.3 Å². The van der Waals surface area contributed by atoms with Crippen LogP contribution < -0.4 is 16.0 Å². The first kappa shape index (κ1) is 14.5. The first-order valence-electron chi connectivity index (χ1n) is 5.84. The number of hydrazine groups is 1. The van der Waals surface area contributed by atoms with Gasteiger partial charge in [0.1, 0.15) is 5.75 Å². The summed E-state index contributed by atoms with van der Waals surface area (Å²) in [6, 6.07) is 5.90. The van der Waals surface area contributed by atoms with Gasteiger partial charge >= 0.3 is 0 Å². The second kappa shape index (κ2) is 6.47. The van der Waals surface area contributed by atoms with Gasteiger partial charge in [-0.1, -0.05) is 15.9 Å². The fraction of sp³-hybridized carbons (Fsp3) is 0.308. The highest BCUT2D eigenvalue weighted by Gasteiger charge is 2.15. The zero-order valence-corrected chi connectivity index (χ0v) is 13.2. The Morgan fingerprint density at radius 1 is 1.53 bits per heavy atom. The Balaban J connectivity index is 2.23. The molecule has 2 rings (SSSR count). The van der Waals surface area contributed by atoms with Crippen molar-refractivity contribution in [2.75, 3.05) is 7.11 Å². The third-order valence-corrected chi connectivity index (χ3v) is 4.44. The summed E-state index contributed by atoms with van der Waals surface area (Å²) in [5, 5.41) is 3.08. The zero-order valence-electron chi connectivity index (χ0n) is 10.8. The summed E-state index contributed by atoms with van der Waals surface area (Å²) in [6.07, 6.45) is 0.747. The number of aromatic nitrogens is 1. The summed E-state index contributed by atoms with van der Waals surface area (Å²) in [7, 11) is 1.66. The highest BCUT2D eigenvalue weighted by molar-refractivity contribution is 9.10. The van der Waals surface area contributed by atoms with E-state index in [4.69, 9.17) is 10.6 Å². The third kappa shape index (κ3) is 3.54. The SMILES string of the molecule is COc1ccc(Br)c(CC(NN)c2csc(C)n2)c1. The topological polar surface area (TPSA) is 60.2 Å². The molecule has 0 amide bonds. The van der Waals surface area contributed by atoms with Crippen molar-refractivity contribution in [3.05, 3.63) is 44.3 Å². The van der Waals surface area contributed by atoms with E-state index in [9.17, 15) is 0 Å². The highest BCUT2D eigenvalue weighted by Crippen LogP contribution is 2.27. The first-order chi connectivity index (χ1) is 9.13. The fourth-order valence-electron chi connectivity index (χ4n) is 1.84. The maximum absolute atomic E-state index is 5.65. The average molecular weight is 342 g/mol. The van der Waals surface area contributed by atoms with Crippen molar-refractivity contribution in [3.63, 3.8) is 0 Å². The molecule has 19 heavy (non-hydrogen) atoms. The summed E-state index contributed by atoms with van der Waals surface area (Å²) >= 11 is 5.18. The average Bonchev–Trinajstić information content (AvgIpc) is 2.84. The lowest BCUT2D eigenvalue weighted by Crippen LogP contribution is -2.30. The van der Waals surface area contributed by atoms with E-state index in [2.05, 4.69) is 26.3 Å². The number of thiazole rings is 1. The van der Waals surface area contributed by atoms with Gasteiger partial charge in [-0.25, -0.2) is 4.98 Å². The van der Waals surface area contributed by atoms with E-state index in [0.29, 0.717) is 0 Å². The Hall–Kier alpha value is -0.950. The summed E-state index contributed by atoms with van der Waals surface area (Å²) in [4.78, 5) is 4.48. The van der Waals surface area contributed by atoms with Crippen LogP contribution in [0.25, 0.3) is 0 Å². The molecule has 0 bridgehead atoms. The lowest BCUT2D eigenvalue weighted by atomic mass is 10.0. The van der Waals surface area contributed by atoms with Crippen LogP contribution in [0.3, 0.4) is 0 Å². The minimum absolute atomic E-state index is 0.00615. The van der Waals surface area contributed by atoms with Gasteiger partial charge in [-0.3, -0.25) is 11.3 Å². The number of nitrogens with one attached hydrogen (secondary N) is 1. The van der Waals surface area contributed by atoms with Crippen LogP contribution in [0.1, 0.15) is 22.3 Å². The predicted molar refractivity (Wildman–Crippen MR) is 81.3 cm³/mol. The Bertz CT molecular complexity index is 559. The number of aryl methyl sites for hydroxylation is 1. The normalized spacial score (nSPS) is 12.4. The first-order valence-corrected chi connectivity index (χ1v) is 7.52. The largest absolute Gasteiger partial charge is 0.497 e. The molecule has 0 aliphatic rings. The van der Waals surface area contributed by atoms with Crippen LogP contribution in [0.4, 0.5) is 0 Å². The molecule has 102 valence electrons. The van der Waals surface area contributed by atoms with Crippen LogP contribution in [0.15, 0.2) is 28.1 Å². The van der Waals surface area contributed by atoms with Gasteiger partial charge in [-0.2, -0.15) is 0 Å². The number of hydrogen-bond donors (Lipinski definition) is 2. The number of nitrogens with zero attached hydrogens (tertiary/aromatic N) is 1. The van der Waals surface area contributed by atoms with Crippen molar-refractivity contribution in [1.82, 2.24) is 10.4 Å². The van der Waals surface area contributed by atoms with Gasteiger partial charge < -0.3 is 4.74 Å². The number of benzene rings is 1. The minimum Gasteiger partial charge on any atom is -0.497 e. The van der Waals surface area contributed by atoms with Gasteiger partial charge in [-0.05, 0) is 37.1 Å². The number of ether oxygens (including phenoxy) is 1. The van der Waals surface area contributed by atoms with Crippen molar-refractivity contribution in [3.8, 4) is 5.75 Å². The second-order valence-electron chi connectivity index (χ2n) is 4.17. The summed E-state index contributed by atoms with van der Waals surface area (Å²) in [5.74, 6) is 6.49. The molecule has 0 saturated carbocycles. The smallest absolute Gasteiger partial charge is 0.119 e. The summed E-state index contributed by atoms with van der Waals surface area (Å²) < 4.78 is 6.29. The number of hydrogen-bond acceptors (Lipinski definition) is 5. The minimum atomic E-state index is -0.00615. The summed E-state index contributed by atoms with van der Waals surface area (Å²) in [6.45, 7) is 1.99. The van der Waals surface area contributed by atoms with Gasteiger partial charge in [0.15, 0.2) is 0 Å². The number of halogens is 1. The Kier molecular flexibility index (Phi) is 4.93. The molecule has 0 fully saturated rings. The maximum Gasteiger partial charge on any atom is 0.119 e. The van der Waals surface area contributed by atoms with E-state index in [-0.39, 0.29) is 6.04 Å². The number of rotatable bonds is 5. The van der Waals surface area contributed by atoms with Crippen LogP contribution in [0, 0.1) is 6.92 Å². The standard InChI is InChI=1S/C13H16BrN3OS/c1-8-16-13(7-19-8)12(17-15)6-9-5-10(18-2)3-4-11(9)14/h3-5,7,12,17H,6,15H2,1-2H3. The molecule has 1 unspecified atom stereocenters. The monoisotopic (exact) mass is 341 g/mol. The fourth-order valence-corrected chi connectivity index (χ4v) is 2.92. The van der Waals surface area contributed by atoms with Gasteiger partial charge in [0, 0.05) is 9.85 Å². The molecule has 0 saturated heterocycles. The van der Waals surface area contributed by atoms with Gasteiger partial charge in [-0.15, -0.1) is 11.3 Å². The van der Waals surface area contributed by atoms with Crippen molar-refractivity contribution in [2.24, 2.45) is 5.84 Å². The van der Waals surface area contributed by atoms with E-state index in [1.807, 2.05) is 30.5 Å². The maximum atomic E-state index is 5.65. The molecule has 0 radical (unpaired) electrons. The number of methoxy groups -OCH3 is 1. The van der Waals surface area contributed by atoms with Crippen LogP contribution in [0.2, 0.25) is 0 Å². The molecule has 6 heteroatoms. The molecule has 2 aromatic rings. The Labute approximate surface area is 125 Å². The Morgan fingerprint density at radius 3 is 2.89 bits per heavy atom. The van der Waals surface area contributed by atoms with Crippen molar-refractivity contribution >= 4 is 27.3 Å². The number of nitrogens with two attached hydrogens (primary N) is 1. The van der Waals surface area contributed by atoms with Crippen molar-refractivity contribution in [1.29, 1.82) is 0 Å². The van der Waals surface area contributed by atoms with Crippen LogP contribution in [-0.4, -0.2) is 12.1 Å². The zero-order chi connectivity index (χ0) is 13.8. The molecule has 0 aliphatic heterocycles. The van der Waals surface area contributed by atoms with Gasteiger partial charge in [0.25, 0.3) is 0 Å². The highest BCUT2D eigenvalue weighted by atomic mass is 79.9. The molecule has 0 aliphatic carbocycles. The van der Waals surface area contributed by atoms with Gasteiger partial charge in [0.05, 0.1) is 23.9 Å². The van der Waals surface area contributed by atoms with E-state index < -0.39 is 0 Å². The quantitative estimate of drug-likeness (QED) is 0.648. The van der Waals surface area contributed by atoms with Gasteiger partial charge in [0.2, 0.25) is 0 Å². The molecule has 0 spiro atoms. The summed E-state index contributed by atoms with van der Waals surface area (Å²) in [5.41, 5.74) is 4.93. The molecule has 1 heterocycles. The second-order valence-corrected chi connectivity index (χ2v) is 6.09. The molecule has 1 aromatic carbocycles. The van der Waals surface area contributed by atoms with E-state index in [1.165, 1.54) is 0 Å². The third-order valence-electron chi connectivity index (χ3n) is 2.87. The van der Waals surface area contributed by atoms with Crippen LogP contribution in [0.5, 0.6) is 5.75 Å². The van der Waals surface area contributed by atoms with Crippen molar-refractivity contribution in [2.45, 2.75) is 19.4 Å². The molecular weight excluding hydrogens is 326 g/mol. The van der Waals surface area contributed by atoms with E-state index in [0.717, 1.165) is 32.9 Å². The van der Waals surface area contributed by atoms with Crippen molar-refractivity contribution < 1.29 is 4.74 Å².